The maximum atomic E-state index is 11.6. The fourth-order valence-electron chi connectivity index (χ4n) is 4.16. The number of rotatable bonds is 7. The highest BCUT2D eigenvalue weighted by Crippen LogP contribution is 2.30. The Morgan fingerprint density at radius 2 is 2.24 bits per heavy atom. The number of carbonyl (C=O) groups is 1. The van der Waals surface area contributed by atoms with Crippen LogP contribution in [0, 0.1) is 11.8 Å². The molecule has 29 heavy (non-hydrogen) atoms. The molecule has 154 valence electrons. The van der Waals surface area contributed by atoms with Gasteiger partial charge in [0.15, 0.2) is 0 Å². The highest BCUT2D eigenvalue weighted by atomic mass is 16.5. The zero-order chi connectivity index (χ0) is 20.2. The van der Waals surface area contributed by atoms with Crippen LogP contribution in [0.15, 0.2) is 30.9 Å². The summed E-state index contributed by atoms with van der Waals surface area (Å²) >= 11 is 0. The molecule has 8 nitrogen and oxygen atoms in total. The Morgan fingerprint density at radius 1 is 1.34 bits per heavy atom. The molecule has 4 rings (SSSR count). The van der Waals surface area contributed by atoms with E-state index in [0.29, 0.717) is 18.5 Å². The summed E-state index contributed by atoms with van der Waals surface area (Å²) in [5, 5.41) is 8.40. The van der Waals surface area contributed by atoms with Gasteiger partial charge in [0.1, 0.15) is 12.2 Å². The number of hydrogen-bond donors (Lipinski definition) is 1. The van der Waals surface area contributed by atoms with Crippen LogP contribution >= 0.6 is 0 Å². The van der Waals surface area contributed by atoms with Gasteiger partial charge in [-0.3, -0.25) is 9.48 Å². The SMILES string of the molecule is CCOC(=O)Cn1cc(Nc2ncc3ccn(CC4CCCC(C)C4)c3n2)cn1. The summed E-state index contributed by atoms with van der Waals surface area (Å²) in [4.78, 5) is 20.7. The highest BCUT2D eigenvalue weighted by molar-refractivity contribution is 5.76. The maximum Gasteiger partial charge on any atom is 0.327 e. The van der Waals surface area contributed by atoms with Crippen LogP contribution in [-0.2, 0) is 22.6 Å². The first-order chi connectivity index (χ1) is 14.1. The number of nitrogens with zero attached hydrogens (tertiary/aromatic N) is 5. The van der Waals surface area contributed by atoms with Crippen LogP contribution < -0.4 is 5.32 Å². The number of hydrogen-bond acceptors (Lipinski definition) is 6. The molecule has 0 saturated heterocycles. The summed E-state index contributed by atoms with van der Waals surface area (Å²) in [6.07, 6.45) is 12.6. The molecular weight excluding hydrogens is 368 g/mol. The van der Waals surface area contributed by atoms with Crippen LogP contribution in [0.3, 0.4) is 0 Å². The lowest BCUT2D eigenvalue weighted by Gasteiger charge is -2.27. The van der Waals surface area contributed by atoms with E-state index in [-0.39, 0.29) is 12.5 Å². The normalized spacial score (nSPS) is 19.4. The van der Waals surface area contributed by atoms with Crippen molar-refractivity contribution in [1.82, 2.24) is 24.3 Å². The Morgan fingerprint density at radius 3 is 3.07 bits per heavy atom. The van der Waals surface area contributed by atoms with Gasteiger partial charge in [-0.1, -0.05) is 19.8 Å². The van der Waals surface area contributed by atoms with E-state index in [1.165, 1.54) is 30.4 Å². The summed E-state index contributed by atoms with van der Waals surface area (Å²) < 4.78 is 8.73. The van der Waals surface area contributed by atoms with Crippen LogP contribution in [0.4, 0.5) is 11.6 Å². The predicted molar refractivity (Wildman–Crippen MR) is 111 cm³/mol. The summed E-state index contributed by atoms with van der Waals surface area (Å²) in [7, 11) is 0. The maximum absolute atomic E-state index is 11.6. The third-order valence-electron chi connectivity index (χ3n) is 5.49. The number of esters is 1. The topological polar surface area (TPSA) is 86.9 Å². The van der Waals surface area contributed by atoms with Crippen molar-refractivity contribution in [1.29, 1.82) is 0 Å². The van der Waals surface area contributed by atoms with Crippen molar-refractivity contribution in [2.75, 3.05) is 11.9 Å². The van der Waals surface area contributed by atoms with Gasteiger partial charge < -0.3 is 14.6 Å². The minimum absolute atomic E-state index is 0.0814. The molecule has 3 aromatic rings. The van der Waals surface area contributed by atoms with Crippen molar-refractivity contribution in [3.8, 4) is 0 Å². The molecule has 0 radical (unpaired) electrons. The van der Waals surface area contributed by atoms with Crippen molar-refractivity contribution in [3.63, 3.8) is 0 Å². The summed E-state index contributed by atoms with van der Waals surface area (Å²) in [5.74, 6) is 1.73. The Kier molecular flexibility index (Phi) is 5.78. The molecule has 3 aromatic heterocycles. The Labute approximate surface area is 170 Å². The van der Waals surface area contributed by atoms with Crippen molar-refractivity contribution in [2.45, 2.75) is 52.6 Å². The molecule has 0 spiro atoms. The summed E-state index contributed by atoms with van der Waals surface area (Å²) in [5.41, 5.74) is 1.67. The lowest BCUT2D eigenvalue weighted by atomic mass is 9.82. The second kappa shape index (κ2) is 8.63. The van der Waals surface area contributed by atoms with Gasteiger partial charge in [0.25, 0.3) is 0 Å². The third-order valence-corrected chi connectivity index (χ3v) is 5.49. The quantitative estimate of drug-likeness (QED) is 0.612. The molecule has 2 atom stereocenters. The molecule has 1 N–H and O–H groups in total. The van der Waals surface area contributed by atoms with Crippen molar-refractivity contribution in [3.05, 3.63) is 30.9 Å². The van der Waals surface area contributed by atoms with Gasteiger partial charge in [-0.2, -0.15) is 10.1 Å². The van der Waals surface area contributed by atoms with Crippen LogP contribution in [0.5, 0.6) is 0 Å². The second-order valence-corrected chi connectivity index (χ2v) is 7.94. The first-order valence-corrected chi connectivity index (χ1v) is 10.4. The van der Waals surface area contributed by atoms with Gasteiger partial charge >= 0.3 is 5.97 Å². The lowest BCUT2D eigenvalue weighted by Crippen LogP contribution is -2.18. The van der Waals surface area contributed by atoms with E-state index in [0.717, 1.165) is 29.2 Å². The smallest absolute Gasteiger partial charge is 0.327 e. The van der Waals surface area contributed by atoms with E-state index in [1.54, 1.807) is 19.3 Å². The van der Waals surface area contributed by atoms with Crippen molar-refractivity contribution >= 4 is 28.6 Å². The fraction of sp³-hybridized carbons (Fsp3) is 0.524. The molecule has 2 unspecified atom stereocenters. The van der Waals surface area contributed by atoms with Crippen LogP contribution in [0.1, 0.15) is 39.5 Å². The number of fused-ring (bicyclic) bond motifs is 1. The van der Waals surface area contributed by atoms with Crippen LogP contribution in [0.25, 0.3) is 11.0 Å². The summed E-state index contributed by atoms with van der Waals surface area (Å²) in [6, 6.07) is 2.07. The molecule has 3 heterocycles. The molecule has 8 heteroatoms. The minimum Gasteiger partial charge on any atom is -0.465 e. The molecule has 1 aliphatic carbocycles. The molecule has 0 aromatic carbocycles. The first-order valence-electron chi connectivity index (χ1n) is 10.4. The predicted octanol–water partition coefficient (Wildman–Crippen LogP) is 3.76. The molecule has 1 fully saturated rings. The van der Waals surface area contributed by atoms with E-state index in [1.807, 2.05) is 6.20 Å². The lowest BCUT2D eigenvalue weighted by molar-refractivity contribution is -0.144. The van der Waals surface area contributed by atoms with Crippen molar-refractivity contribution in [2.24, 2.45) is 11.8 Å². The number of ether oxygens (including phenoxy) is 1. The van der Waals surface area contributed by atoms with Gasteiger partial charge in [-0.05, 0) is 37.7 Å². The number of aromatic nitrogens is 5. The van der Waals surface area contributed by atoms with E-state index < -0.39 is 0 Å². The van der Waals surface area contributed by atoms with Gasteiger partial charge in [0.05, 0.1) is 18.5 Å². The largest absolute Gasteiger partial charge is 0.465 e. The third kappa shape index (κ3) is 4.75. The van der Waals surface area contributed by atoms with Crippen LogP contribution in [0.2, 0.25) is 0 Å². The van der Waals surface area contributed by atoms with Gasteiger partial charge in [-0.25, -0.2) is 4.98 Å². The monoisotopic (exact) mass is 396 g/mol. The van der Waals surface area contributed by atoms with E-state index in [9.17, 15) is 4.79 Å². The van der Waals surface area contributed by atoms with Gasteiger partial charge in [-0.15, -0.1) is 0 Å². The summed E-state index contributed by atoms with van der Waals surface area (Å²) in [6.45, 7) is 5.58. The van der Waals surface area contributed by atoms with E-state index in [4.69, 9.17) is 9.72 Å². The molecule has 1 aliphatic rings. The highest BCUT2D eigenvalue weighted by Gasteiger charge is 2.20. The van der Waals surface area contributed by atoms with Crippen molar-refractivity contribution < 1.29 is 9.53 Å². The number of anilines is 2. The van der Waals surface area contributed by atoms with Gasteiger partial charge in [0.2, 0.25) is 5.95 Å². The van der Waals surface area contributed by atoms with Crippen LogP contribution in [-0.4, -0.2) is 36.9 Å². The van der Waals surface area contributed by atoms with E-state index in [2.05, 4.69) is 39.2 Å². The first kappa shape index (κ1) is 19.4. The zero-order valence-corrected chi connectivity index (χ0v) is 17.0. The Balaban J connectivity index is 1.46. The molecule has 0 bridgehead atoms. The second-order valence-electron chi connectivity index (χ2n) is 7.94. The average Bonchev–Trinajstić information content (AvgIpc) is 3.29. The Bertz CT molecular complexity index is 979. The van der Waals surface area contributed by atoms with Gasteiger partial charge in [0, 0.05) is 30.5 Å². The standard InChI is InChI=1S/C21H28N6O2/c1-3-29-19(28)14-27-13-18(11-23-27)24-21-22-10-17-7-8-26(20(17)25-21)12-16-6-4-5-15(2)9-16/h7-8,10-11,13,15-16H,3-6,9,12,14H2,1-2H3,(H,22,24,25). The average molecular weight is 396 g/mol. The molecule has 1 saturated carbocycles. The fourth-order valence-corrected chi connectivity index (χ4v) is 4.16. The molecule has 0 amide bonds. The van der Waals surface area contributed by atoms with E-state index >= 15 is 0 Å². The molecular formula is C21H28N6O2. The number of nitrogens with one attached hydrogen (secondary N) is 1. The molecule has 0 aliphatic heterocycles. The number of carbonyl (C=O) groups excluding carboxylic acids is 1. The zero-order valence-electron chi connectivity index (χ0n) is 17.0. The minimum atomic E-state index is -0.310. The Hall–Kier alpha value is -2.90.